The molecule has 0 rings (SSSR count). The Hall–Kier alpha value is 1.70. The minimum absolute atomic E-state index is 0. The van der Waals surface area contributed by atoms with Crippen molar-refractivity contribution in [1.29, 1.82) is 0 Å². The van der Waals surface area contributed by atoms with Crippen molar-refractivity contribution in [2.24, 2.45) is 0 Å². The molecule has 0 fully saturated rings. The average Bonchev–Trinajstić information content (AvgIpc) is 2.23. The summed E-state index contributed by atoms with van der Waals surface area (Å²) >= 11 is 0. The molecule has 0 aromatic rings. The van der Waals surface area contributed by atoms with Crippen LogP contribution in [0.25, 0.3) is 0 Å². The smallest absolute Gasteiger partial charge is 1.00 e. The maximum Gasteiger partial charge on any atom is 2.00 e. The van der Waals surface area contributed by atoms with E-state index in [4.69, 9.17) is 19.6 Å². The van der Waals surface area contributed by atoms with E-state index in [0.29, 0.717) is 6.54 Å². The molecule has 0 atom stereocenters. The minimum atomic E-state index is -5.33. The van der Waals surface area contributed by atoms with Gasteiger partial charge in [-0.15, -0.1) is 0 Å². The van der Waals surface area contributed by atoms with E-state index in [2.05, 4.69) is 0 Å². The van der Waals surface area contributed by atoms with E-state index in [1.165, 1.54) is 0 Å². The van der Waals surface area contributed by atoms with E-state index in [-0.39, 0.29) is 54.9 Å². The summed E-state index contributed by atoms with van der Waals surface area (Å²) in [4.78, 5) is 37.5. The van der Waals surface area contributed by atoms with Crippen LogP contribution < -0.4 is 0 Å². The number of hydrogen-bond acceptors (Lipinski definition) is 4. The molecule has 0 unspecified atom stereocenters. The fourth-order valence-corrected chi connectivity index (χ4v) is 3.69. The van der Waals surface area contributed by atoms with Crippen molar-refractivity contribution >= 4 is 60.7 Å². The van der Waals surface area contributed by atoms with Gasteiger partial charge >= 0.3 is 60.7 Å². The second-order valence-electron chi connectivity index (χ2n) is 4.62. The molecule has 0 radical (unpaired) electrons. The number of nitrogens with zero attached hydrogens (tertiary/aromatic N) is 1. The van der Waals surface area contributed by atoms with Gasteiger partial charge in [0.1, 0.15) is 0 Å². The van der Waals surface area contributed by atoms with Gasteiger partial charge in [-0.2, -0.15) is 0 Å². The van der Waals surface area contributed by atoms with Crippen LogP contribution in [0.3, 0.4) is 0 Å². The van der Waals surface area contributed by atoms with Gasteiger partial charge in [-0.25, -0.2) is 0 Å². The van der Waals surface area contributed by atoms with Crippen molar-refractivity contribution in [1.82, 2.24) is 4.90 Å². The molecule has 0 spiro atoms. The van der Waals surface area contributed by atoms with Gasteiger partial charge in [0, 0.05) is 13.0 Å². The molecular weight excluding hydrogens is 384 g/mol. The third-order valence-electron chi connectivity index (χ3n) is 2.91. The summed E-state index contributed by atoms with van der Waals surface area (Å²) in [5.41, 5.74) is 0. The molecule has 120 valence electrons. The molecule has 0 aliphatic rings. The van der Waals surface area contributed by atoms with Crippen LogP contribution in [0.2, 0.25) is 0 Å². The third-order valence-corrected chi connectivity index (χ3v) is 6.78. The zero-order chi connectivity index (χ0) is 15.3. The predicted octanol–water partition coefficient (Wildman–Crippen LogP) is 0.344. The van der Waals surface area contributed by atoms with Crippen molar-refractivity contribution in [2.45, 2.75) is 37.7 Å². The van der Waals surface area contributed by atoms with Gasteiger partial charge in [0.2, 0.25) is 0 Å². The third kappa shape index (κ3) is 7.31. The SMILES string of the molecule is CCCCCN(C)CCC(O)(P(=O)(O)O)P(=O)(O)O.[H-].[H-].[Sr+2]. The van der Waals surface area contributed by atoms with Crippen LogP contribution in [-0.2, 0) is 9.13 Å². The first-order valence-electron chi connectivity index (χ1n) is 5.98. The minimum Gasteiger partial charge on any atom is -1.00 e. The maximum atomic E-state index is 11.1. The molecule has 11 heteroatoms. The molecule has 0 bridgehead atoms. The Bertz CT molecular complexity index is 357. The fraction of sp³-hybridized carbons (Fsp3) is 1.00. The zero-order valence-electron chi connectivity index (χ0n) is 13.8. The van der Waals surface area contributed by atoms with Crippen molar-refractivity contribution in [3.8, 4) is 0 Å². The van der Waals surface area contributed by atoms with Crippen LogP contribution in [0.15, 0.2) is 0 Å². The first-order chi connectivity index (χ1) is 8.45. The largest absolute Gasteiger partial charge is 2.00 e. The van der Waals surface area contributed by atoms with E-state index in [1.807, 2.05) is 6.92 Å². The van der Waals surface area contributed by atoms with Crippen molar-refractivity contribution in [3.63, 3.8) is 0 Å². The first-order valence-corrected chi connectivity index (χ1v) is 9.20. The molecule has 5 N–H and O–H groups in total. The number of rotatable bonds is 9. The van der Waals surface area contributed by atoms with E-state index >= 15 is 0 Å². The van der Waals surface area contributed by atoms with Gasteiger partial charge < -0.3 is 32.4 Å². The Kier molecular flexibility index (Phi) is 11.7. The van der Waals surface area contributed by atoms with Crippen molar-refractivity contribution in [2.75, 3.05) is 20.1 Å². The molecular formula is C9H25NO7P2Sr. The van der Waals surface area contributed by atoms with Crippen LogP contribution in [0.5, 0.6) is 0 Å². The molecule has 20 heavy (non-hydrogen) atoms. The van der Waals surface area contributed by atoms with Crippen LogP contribution in [-0.4, -0.2) is 100 Å². The summed E-state index contributed by atoms with van der Waals surface area (Å²) < 4.78 is 22.2. The van der Waals surface area contributed by atoms with Gasteiger partial charge in [-0.3, -0.25) is 9.13 Å². The van der Waals surface area contributed by atoms with E-state index in [1.54, 1.807) is 11.9 Å². The Morgan fingerprint density at radius 1 is 1.05 bits per heavy atom. The van der Waals surface area contributed by atoms with E-state index in [9.17, 15) is 14.2 Å². The topological polar surface area (TPSA) is 139 Å². The predicted molar refractivity (Wildman–Crippen MR) is 78.7 cm³/mol. The van der Waals surface area contributed by atoms with Gasteiger partial charge in [0.05, 0.1) is 0 Å². The van der Waals surface area contributed by atoms with Gasteiger partial charge in [0.25, 0.3) is 5.08 Å². The number of hydrogen-bond donors (Lipinski definition) is 5. The van der Waals surface area contributed by atoms with Gasteiger partial charge in [-0.1, -0.05) is 19.8 Å². The number of unbranched alkanes of at least 4 members (excludes halogenated alkanes) is 2. The monoisotopic (exact) mass is 409 g/mol. The summed E-state index contributed by atoms with van der Waals surface area (Å²) in [6.45, 7) is 2.64. The Labute approximate surface area is 159 Å². The van der Waals surface area contributed by atoms with Crippen LogP contribution in [0.4, 0.5) is 0 Å². The van der Waals surface area contributed by atoms with Gasteiger partial charge in [-0.05, 0) is 20.0 Å². The second-order valence-corrected chi connectivity index (χ2v) is 8.63. The standard InChI is InChI=1S/C9H23NO7P2.Sr.2H/c1-3-4-5-7-10(2)8-6-9(11,18(12,13)14)19(15,16)17;;;/h11H,3-8H2,1-2H3,(H2,12,13,14)(H2,15,16,17);;;/q;+2;2*-1. The molecule has 8 nitrogen and oxygen atoms in total. The maximum absolute atomic E-state index is 11.1. The Morgan fingerprint density at radius 3 is 1.85 bits per heavy atom. The molecule has 0 heterocycles. The summed E-state index contributed by atoms with van der Waals surface area (Å²) in [5, 5.41) is 6.35. The zero-order valence-corrected chi connectivity index (χ0v) is 17.1. The van der Waals surface area contributed by atoms with E-state index in [0.717, 1.165) is 19.3 Å². The summed E-state index contributed by atoms with van der Waals surface area (Å²) in [7, 11) is -9.00. The van der Waals surface area contributed by atoms with Crippen LogP contribution in [0.1, 0.15) is 35.5 Å². The molecule has 0 amide bonds. The average molecular weight is 409 g/mol. The quantitative estimate of drug-likeness (QED) is 0.209. The molecule has 0 saturated heterocycles. The first kappa shape index (κ1) is 24.0. The molecule has 0 aliphatic heterocycles. The molecule has 0 aromatic heterocycles. The normalized spacial score (nSPS) is 13.4. The summed E-state index contributed by atoms with van der Waals surface area (Å²) in [6.07, 6.45) is 2.19. The number of aliphatic hydroxyl groups is 1. The van der Waals surface area contributed by atoms with Crippen LogP contribution in [0, 0.1) is 0 Å². The Morgan fingerprint density at radius 2 is 1.50 bits per heavy atom. The molecule has 0 aromatic carbocycles. The fourth-order valence-electron chi connectivity index (χ4n) is 1.55. The van der Waals surface area contributed by atoms with E-state index < -0.39 is 26.7 Å². The van der Waals surface area contributed by atoms with Crippen molar-refractivity contribution < 1.29 is 36.7 Å². The second kappa shape index (κ2) is 9.75. The summed E-state index contributed by atoms with van der Waals surface area (Å²) in [6, 6.07) is 0. The van der Waals surface area contributed by atoms with Gasteiger partial charge in [0.15, 0.2) is 0 Å². The van der Waals surface area contributed by atoms with Crippen molar-refractivity contribution in [3.05, 3.63) is 0 Å². The van der Waals surface area contributed by atoms with Crippen LogP contribution >= 0.6 is 15.2 Å². The molecule has 0 saturated carbocycles. The Balaban J connectivity index is -0.000000540. The molecule has 0 aliphatic carbocycles. The summed E-state index contributed by atoms with van der Waals surface area (Å²) in [5.74, 6) is 0.